The number of aliphatic hydroxyl groups is 1. The van der Waals surface area contributed by atoms with Crippen molar-refractivity contribution in [2.75, 3.05) is 20.8 Å². The number of benzene rings is 2. The predicted molar refractivity (Wildman–Crippen MR) is 136 cm³/mol. The number of methoxy groups -OCH3 is 2. The molecule has 2 aliphatic rings. The molecule has 3 heterocycles. The van der Waals surface area contributed by atoms with E-state index in [2.05, 4.69) is 4.98 Å². The van der Waals surface area contributed by atoms with Crippen LogP contribution in [-0.2, 0) is 22.6 Å². The van der Waals surface area contributed by atoms with Crippen LogP contribution in [0, 0.1) is 0 Å². The SMILES string of the molecule is COc1ccc([C@@H]2/C(=C(\O)c3ccc4c(c3)C[C@@H](C)O4)C(=O)C(=O)N2CCCn2ccnc2)cc1OC. The van der Waals surface area contributed by atoms with Crippen molar-refractivity contribution < 1.29 is 28.9 Å². The molecule has 1 aromatic heterocycles. The van der Waals surface area contributed by atoms with Gasteiger partial charge in [-0.1, -0.05) is 6.07 Å². The van der Waals surface area contributed by atoms with E-state index in [-0.39, 0.29) is 17.4 Å². The molecule has 37 heavy (non-hydrogen) atoms. The number of rotatable bonds is 8. The van der Waals surface area contributed by atoms with Crippen LogP contribution in [0.5, 0.6) is 17.2 Å². The van der Waals surface area contributed by atoms with E-state index in [0.717, 1.165) is 11.3 Å². The Labute approximate surface area is 214 Å². The van der Waals surface area contributed by atoms with Crippen LogP contribution in [0.15, 0.2) is 60.7 Å². The Kier molecular flexibility index (Phi) is 6.60. The third-order valence-electron chi connectivity index (χ3n) is 6.81. The highest BCUT2D eigenvalue weighted by molar-refractivity contribution is 6.46. The summed E-state index contributed by atoms with van der Waals surface area (Å²) in [5, 5.41) is 11.4. The number of aliphatic hydroxyl groups excluding tert-OH is 1. The van der Waals surface area contributed by atoms with Crippen LogP contribution in [0.4, 0.5) is 0 Å². The molecule has 1 fully saturated rings. The third kappa shape index (κ3) is 4.52. The third-order valence-corrected chi connectivity index (χ3v) is 6.81. The van der Waals surface area contributed by atoms with E-state index in [1.165, 1.54) is 19.1 Å². The molecule has 0 bridgehead atoms. The number of fused-ring (bicyclic) bond motifs is 1. The lowest BCUT2D eigenvalue weighted by Crippen LogP contribution is -2.31. The minimum absolute atomic E-state index is 0.0419. The van der Waals surface area contributed by atoms with Crippen molar-refractivity contribution in [2.45, 2.75) is 38.5 Å². The van der Waals surface area contributed by atoms with Gasteiger partial charge >= 0.3 is 0 Å². The second-order valence-electron chi connectivity index (χ2n) is 9.22. The van der Waals surface area contributed by atoms with Gasteiger partial charge in [-0.25, -0.2) is 4.98 Å². The number of amides is 1. The fraction of sp³-hybridized carbons (Fsp3) is 0.321. The molecule has 2 aliphatic heterocycles. The van der Waals surface area contributed by atoms with Crippen molar-refractivity contribution in [3.8, 4) is 17.2 Å². The fourth-order valence-corrected chi connectivity index (χ4v) is 5.05. The summed E-state index contributed by atoms with van der Waals surface area (Å²) in [5.41, 5.74) is 2.11. The molecule has 192 valence electrons. The molecule has 0 saturated carbocycles. The maximum atomic E-state index is 13.4. The van der Waals surface area contributed by atoms with Crippen LogP contribution >= 0.6 is 0 Å². The molecule has 2 aromatic carbocycles. The van der Waals surface area contributed by atoms with Crippen LogP contribution in [-0.4, -0.2) is 58.1 Å². The van der Waals surface area contributed by atoms with Crippen LogP contribution < -0.4 is 14.2 Å². The maximum Gasteiger partial charge on any atom is 0.295 e. The number of nitrogens with zero attached hydrogens (tertiary/aromatic N) is 3. The predicted octanol–water partition coefficient (Wildman–Crippen LogP) is 3.74. The molecule has 1 amide bonds. The van der Waals surface area contributed by atoms with E-state index in [9.17, 15) is 14.7 Å². The Balaban J connectivity index is 1.56. The summed E-state index contributed by atoms with van der Waals surface area (Å²) < 4.78 is 18.5. The van der Waals surface area contributed by atoms with Gasteiger partial charge in [0.05, 0.1) is 32.2 Å². The van der Waals surface area contributed by atoms with Gasteiger partial charge in [-0.3, -0.25) is 9.59 Å². The lowest BCUT2D eigenvalue weighted by atomic mass is 9.94. The van der Waals surface area contributed by atoms with E-state index in [4.69, 9.17) is 14.2 Å². The molecular formula is C28H29N3O6. The summed E-state index contributed by atoms with van der Waals surface area (Å²) in [6.45, 7) is 2.92. The number of ketones is 1. The van der Waals surface area contributed by atoms with Gasteiger partial charge in [0.2, 0.25) is 0 Å². The van der Waals surface area contributed by atoms with E-state index in [1.54, 1.807) is 42.9 Å². The van der Waals surface area contributed by atoms with Gasteiger partial charge in [0.15, 0.2) is 11.5 Å². The standard InChI is InChI=1S/C28H29N3O6/c1-17-13-20-14-19(6-7-21(20)37-17)26(32)24-25(18-5-8-22(35-2)23(15-18)36-3)31(28(34)27(24)33)11-4-10-30-12-9-29-16-30/h5-9,12,14-17,25,32H,4,10-11,13H2,1-3H3/b26-24+/t17-,25-/m1/s1. The first-order valence-corrected chi connectivity index (χ1v) is 12.2. The molecule has 0 unspecified atom stereocenters. The van der Waals surface area contributed by atoms with Gasteiger partial charge in [-0.15, -0.1) is 0 Å². The van der Waals surface area contributed by atoms with Crippen LogP contribution in [0.3, 0.4) is 0 Å². The van der Waals surface area contributed by atoms with E-state index >= 15 is 0 Å². The number of hydrogen-bond acceptors (Lipinski definition) is 7. The summed E-state index contributed by atoms with van der Waals surface area (Å²) in [4.78, 5) is 32.2. The minimum atomic E-state index is -0.786. The summed E-state index contributed by atoms with van der Waals surface area (Å²) in [6, 6.07) is 9.80. The van der Waals surface area contributed by atoms with Crippen molar-refractivity contribution in [2.24, 2.45) is 0 Å². The first kappa shape index (κ1) is 24.4. The zero-order chi connectivity index (χ0) is 26.1. The Morgan fingerprint density at radius 2 is 1.92 bits per heavy atom. The average Bonchev–Trinajstić information content (AvgIpc) is 3.61. The smallest absolute Gasteiger partial charge is 0.295 e. The molecule has 9 nitrogen and oxygen atoms in total. The van der Waals surface area contributed by atoms with Crippen molar-refractivity contribution in [1.82, 2.24) is 14.5 Å². The van der Waals surface area contributed by atoms with E-state index in [0.29, 0.717) is 48.6 Å². The summed E-state index contributed by atoms with van der Waals surface area (Å²) in [5.74, 6) is 0.178. The van der Waals surface area contributed by atoms with Crippen molar-refractivity contribution in [3.63, 3.8) is 0 Å². The fourth-order valence-electron chi connectivity index (χ4n) is 5.05. The van der Waals surface area contributed by atoms with Crippen LogP contribution in [0.25, 0.3) is 5.76 Å². The highest BCUT2D eigenvalue weighted by Crippen LogP contribution is 2.42. The Morgan fingerprint density at radius 3 is 2.65 bits per heavy atom. The number of carbonyl (C=O) groups is 2. The topological polar surface area (TPSA) is 103 Å². The molecule has 3 aromatic rings. The van der Waals surface area contributed by atoms with E-state index < -0.39 is 17.7 Å². The zero-order valence-electron chi connectivity index (χ0n) is 21.0. The van der Waals surface area contributed by atoms with Gasteiger partial charge < -0.3 is 28.8 Å². The van der Waals surface area contributed by atoms with Crippen molar-refractivity contribution in [3.05, 3.63) is 77.4 Å². The molecule has 0 spiro atoms. The van der Waals surface area contributed by atoms with Gasteiger partial charge in [0.1, 0.15) is 17.6 Å². The number of aromatic nitrogens is 2. The number of Topliss-reactive ketones (excluding diaryl/α,β-unsaturated/α-hetero) is 1. The summed E-state index contributed by atoms with van der Waals surface area (Å²) >= 11 is 0. The molecule has 0 radical (unpaired) electrons. The second-order valence-corrected chi connectivity index (χ2v) is 9.22. The highest BCUT2D eigenvalue weighted by Gasteiger charge is 2.46. The van der Waals surface area contributed by atoms with Crippen LogP contribution in [0.2, 0.25) is 0 Å². The van der Waals surface area contributed by atoms with Crippen molar-refractivity contribution >= 4 is 17.4 Å². The molecule has 1 N–H and O–H groups in total. The Hall–Kier alpha value is -4.27. The second kappa shape index (κ2) is 10.0. The Bertz CT molecular complexity index is 1360. The molecule has 5 rings (SSSR count). The van der Waals surface area contributed by atoms with Gasteiger partial charge in [0, 0.05) is 37.5 Å². The highest BCUT2D eigenvalue weighted by atomic mass is 16.5. The molecule has 2 atom stereocenters. The number of likely N-dealkylation sites (tertiary alicyclic amines) is 1. The first-order chi connectivity index (χ1) is 17.9. The number of ether oxygens (including phenoxy) is 3. The lowest BCUT2D eigenvalue weighted by molar-refractivity contribution is -0.139. The average molecular weight is 504 g/mol. The molecule has 9 heteroatoms. The van der Waals surface area contributed by atoms with Gasteiger partial charge in [0.25, 0.3) is 11.7 Å². The minimum Gasteiger partial charge on any atom is -0.507 e. The number of hydrogen-bond donors (Lipinski definition) is 1. The lowest BCUT2D eigenvalue weighted by Gasteiger charge is -2.26. The first-order valence-electron chi connectivity index (χ1n) is 12.2. The normalized spacial score (nSPS) is 20.1. The number of aryl methyl sites for hydroxylation is 1. The number of carbonyl (C=O) groups excluding carboxylic acids is 2. The summed E-state index contributed by atoms with van der Waals surface area (Å²) in [7, 11) is 3.06. The summed E-state index contributed by atoms with van der Waals surface area (Å²) in [6.07, 6.45) is 6.59. The maximum absolute atomic E-state index is 13.4. The van der Waals surface area contributed by atoms with Crippen molar-refractivity contribution in [1.29, 1.82) is 0 Å². The molecular weight excluding hydrogens is 474 g/mol. The molecule has 0 aliphatic carbocycles. The van der Waals surface area contributed by atoms with Crippen LogP contribution in [0.1, 0.15) is 36.1 Å². The monoisotopic (exact) mass is 503 g/mol. The largest absolute Gasteiger partial charge is 0.507 e. The Morgan fingerprint density at radius 1 is 1.11 bits per heavy atom. The van der Waals surface area contributed by atoms with Gasteiger partial charge in [-0.2, -0.15) is 0 Å². The van der Waals surface area contributed by atoms with E-state index in [1.807, 2.05) is 23.8 Å². The zero-order valence-corrected chi connectivity index (χ0v) is 21.0. The number of imidazole rings is 1. The van der Waals surface area contributed by atoms with Gasteiger partial charge in [-0.05, 0) is 54.8 Å². The quantitative estimate of drug-likeness (QED) is 0.284. The molecule has 1 saturated heterocycles.